The molecule has 39 heavy (non-hydrogen) atoms. The van der Waals surface area contributed by atoms with E-state index in [2.05, 4.69) is 20.6 Å². The van der Waals surface area contributed by atoms with E-state index in [0.717, 1.165) is 30.9 Å². The van der Waals surface area contributed by atoms with Gasteiger partial charge in [0.1, 0.15) is 11.6 Å². The minimum Gasteiger partial charge on any atom is -0.366 e. The largest absolute Gasteiger partial charge is 0.366 e. The number of aromatic nitrogens is 6. The Morgan fingerprint density at radius 1 is 1.23 bits per heavy atom. The zero-order valence-corrected chi connectivity index (χ0v) is 22.4. The third-order valence-corrected chi connectivity index (χ3v) is 7.79. The lowest BCUT2D eigenvalue weighted by molar-refractivity contribution is 0.0284. The van der Waals surface area contributed by atoms with Crippen molar-refractivity contribution in [2.75, 3.05) is 18.7 Å². The molecule has 0 amide bonds. The number of aryl methyl sites for hydroxylation is 1. The molecule has 4 aromatic rings. The van der Waals surface area contributed by atoms with E-state index >= 15 is 4.39 Å². The van der Waals surface area contributed by atoms with Gasteiger partial charge in [0, 0.05) is 48.0 Å². The smallest absolute Gasteiger partial charge is 0.333 e. The SMILES string of the molecule is COC(C)(c1nc(Nc2cc(C)[nH]n2)c(C2CC2)c(-c2cnn(C(F)F)c2)n1)c1ccc(S(C)(=O)=O)cc1F. The van der Waals surface area contributed by atoms with Gasteiger partial charge in [-0.3, -0.25) is 5.10 Å². The number of nitrogens with one attached hydrogen (secondary N) is 2. The number of anilines is 2. The second-order valence-corrected chi connectivity index (χ2v) is 11.6. The predicted molar refractivity (Wildman–Crippen MR) is 136 cm³/mol. The lowest BCUT2D eigenvalue weighted by Crippen LogP contribution is -2.31. The van der Waals surface area contributed by atoms with Gasteiger partial charge in [0.15, 0.2) is 27.1 Å². The Bertz CT molecular complexity index is 1650. The second kappa shape index (κ2) is 9.75. The molecule has 5 rings (SSSR count). The van der Waals surface area contributed by atoms with E-state index < -0.39 is 27.8 Å². The van der Waals surface area contributed by atoms with Gasteiger partial charge < -0.3 is 10.1 Å². The molecule has 1 aliphatic carbocycles. The highest BCUT2D eigenvalue weighted by Gasteiger charge is 2.39. The molecule has 1 fully saturated rings. The maximum absolute atomic E-state index is 15.4. The first kappa shape index (κ1) is 26.8. The molecule has 0 saturated heterocycles. The predicted octanol–water partition coefficient (Wildman–Crippen LogP) is 4.84. The van der Waals surface area contributed by atoms with Gasteiger partial charge in [-0.25, -0.2) is 27.5 Å². The summed E-state index contributed by atoms with van der Waals surface area (Å²) >= 11 is 0. The van der Waals surface area contributed by atoms with Gasteiger partial charge in [-0.05, 0) is 44.7 Å². The maximum atomic E-state index is 15.4. The van der Waals surface area contributed by atoms with Crippen LogP contribution < -0.4 is 5.32 Å². The average Bonchev–Trinajstić information content (AvgIpc) is 3.43. The molecule has 3 heterocycles. The monoisotopic (exact) mass is 561 g/mol. The molecule has 0 radical (unpaired) electrons. The molecule has 0 bridgehead atoms. The number of hydrogen-bond donors (Lipinski definition) is 2. The number of H-pyrrole nitrogens is 1. The Kier molecular flexibility index (Phi) is 6.71. The number of sulfone groups is 1. The third-order valence-electron chi connectivity index (χ3n) is 6.68. The topological polar surface area (TPSA) is 128 Å². The number of aromatic amines is 1. The first-order valence-electron chi connectivity index (χ1n) is 12.0. The lowest BCUT2D eigenvalue weighted by atomic mass is 9.93. The summed E-state index contributed by atoms with van der Waals surface area (Å²) in [6, 6.07) is 5.28. The van der Waals surface area contributed by atoms with Crippen LogP contribution in [0.15, 0.2) is 41.6 Å². The van der Waals surface area contributed by atoms with Crippen molar-refractivity contribution in [3.63, 3.8) is 0 Å². The van der Waals surface area contributed by atoms with E-state index in [9.17, 15) is 17.2 Å². The summed E-state index contributed by atoms with van der Waals surface area (Å²) in [7, 11) is -2.31. The summed E-state index contributed by atoms with van der Waals surface area (Å²) in [5, 5.41) is 14.0. The van der Waals surface area contributed by atoms with Crippen molar-refractivity contribution >= 4 is 21.5 Å². The van der Waals surface area contributed by atoms with Crippen LogP contribution in [0.25, 0.3) is 11.3 Å². The Labute approximate surface area is 222 Å². The molecular formula is C25H26F3N7O3S. The number of nitrogens with zero attached hydrogens (tertiary/aromatic N) is 5. The first-order chi connectivity index (χ1) is 18.4. The fourth-order valence-corrected chi connectivity index (χ4v) is 5.00. The number of rotatable bonds is 9. The maximum Gasteiger partial charge on any atom is 0.333 e. The summed E-state index contributed by atoms with van der Waals surface area (Å²) in [4.78, 5) is 9.27. The lowest BCUT2D eigenvalue weighted by Gasteiger charge is -2.29. The molecule has 3 aromatic heterocycles. The third kappa shape index (κ3) is 5.13. The zero-order chi connectivity index (χ0) is 28.1. The van der Waals surface area contributed by atoms with E-state index in [-0.39, 0.29) is 22.2 Å². The molecule has 0 spiro atoms. The van der Waals surface area contributed by atoms with Crippen LogP contribution >= 0.6 is 0 Å². The van der Waals surface area contributed by atoms with Gasteiger partial charge in [0.2, 0.25) is 0 Å². The molecule has 2 N–H and O–H groups in total. The Morgan fingerprint density at radius 3 is 2.51 bits per heavy atom. The number of halogens is 3. The van der Waals surface area contributed by atoms with Gasteiger partial charge >= 0.3 is 6.55 Å². The number of benzene rings is 1. The van der Waals surface area contributed by atoms with Crippen molar-refractivity contribution in [1.29, 1.82) is 0 Å². The normalized spacial score (nSPS) is 15.5. The molecule has 1 atom stereocenters. The van der Waals surface area contributed by atoms with Crippen LogP contribution in [0.2, 0.25) is 0 Å². The minimum atomic E-state index is -3.66. The van der Waals surface area contributed by atoms with Gasteiger partial charge in [-0.1, -0.05) is 6.07 Å². The van der Waals surface area contributed by atoms with E-state index in [0.29, 0.717) is 33.1 Å². The van der Waals surface area contributed by atoms with Crippen molar-refractivity contribution in [2.24, 2.45) is 0 Å². The molecule has 206 valence electrons. The summed E-state index contributed by atoms with van der Waals surface area (Å²) in [5.74, 6) is 0.0870. The highest BCUT2D eigenvalue weighted by atomic mass is 32.2. The molecular weight excluding hydrogens is 535 g/mol. The van der Waals surface area contributed by atoms with Crippen LogP contribution in [-0.4, -0.2) is 51.7 Å². The van der Waals surface area contributed by atoms with Gasteiger partial charge in [0.25, 0.3) is 0 Å². The number of alkyl halides is 2. The average molecular weight is 562 g/mol. The van der Waals surface area contributed by atoms with Crippen molar-refractivity contribution in [3.05, 3.63) is 65.1 Å². The van der Waals surface area contributed by atoms with Crippen LogP contribution in [0.4, 0.5) is 24.8 Å². The van der Waals surface area contributed by atoms with Gasteiger partial charge in [-0.15, -0.1) is 0 Å². The summed E-state index contributed by atoms with van der Waals surface area (Å²) < 4.78 is 72.4. The highest BCUT2D eigenvalue weighted by Crippen LogP contribution is 2.48. The molecule has 14 heteroatoms. The van der Waals surface area contributed by atoms with Crippen LogP contribution in [0, 0.1) is 12.7 Å². The number of hydrogen-bond acceptors (Lipinski definition) is 8. The van der Waals surface area contributed by atoms with Crippen LogP contribution in [-0.2, 0) is 20.2 Å². The molecule has 0 aliphatic heterocycles. The molecule has 1 saturated carbocycles. The standard InChI is InChI=1S/C25H26F3N7O3S/c1-13-9-19(34-33-13)30-22-20(14-5-6-14)21(15-11-29-35(12-15)24(27)28)31-23(32-22)25(2,38-3)17-8-7-16(10-18(17)26)39(4,36)37/h7-12,14,24H,5-6H2,1-4H3,(H2,30,31,32,33,34). The van der Waals surface area contributed by atoms with Crippen molar-refractivity contribution < 1.29 is 26.3 Å². The quantitative estimate of drug-likeness (QED) is 0.297. The second-order valence-electron chi connectivity index (χ2n) is 9.63. The van der Waals surface area contributed by atoms with Crippen LogP contribution in [0.5, 0.6) is 0 Å². The van der Waals surface area contributed by atoms with Gasteiger partial charge in [0.05, 0.1) is 16.8 Å². The van der Waals surface area contributed by atoms with Crippen LogP contribution in [0.1, 0.15) is 54.9 Å². The van der Waals surface area contributed by atoms with E-state index in [1.54, 1.807) is 13.0 Å². The molecule has 10 nitrogen and oxygen atoms in total. The Balaban J connectivity index is 1.73. The summed E-state index contributed by atoms with van der Waals surface area (Å²) in [6.07, 6.45) is 5.15. The van der Waals surface area contributed by atoms with Crippen molar-refractivity contribution in [1.82, 2.24) is 29.9 Å². The fraction of sp³-hybridized carbons (Fsp3) is 0.360. The van der Waals surface area contributed by atoms with E-state index in [4.69, 9.17) is 14.7 Å². The van der Waals surface area contributed by atoms with Gasteiger partial charge in [-0.2, -0.15) is 19.0 Å². The zero-order valence-electron chi connectivity index (χ0n) is 21.5. The summed E-state index contributed by atoms with van der Waals surface area (Å²) in [5.41, 5.74) is 0.571. The minimum absolute atomic E-state index is 0.00707. The number of ether oxygens (including phenoxy) is 1. The Morgan fingerprint density at radius 2 is 1.97 bits per heavy atom. The highest BCUT2D eigenvalue weighted by molar-refractivity contribution is 7.90. The van der Waals surface area contributed by atoms with E-state index in [1.165, 1.54) is 31.6 Å². The van der Waals surface area contributed by atoms with Crippen molar-refractivity contribution in [3.8, 4) is 11.3 Å². The molecule has 1 unspecified atom stereocenters. The van der Waals surface area contributed by atoms with E-state index in [1.807, 2.05) is 6.92 Å². The first-order valence-corrected chi connectivity index (χ1v) is 13.9. The Hall–Kier alpha value is -3.78. The molecule has 1 aliphatic rings. The summed E-state index contributed by atoms with van der Waals surface area (Å²) in [6.45, 7) is 0.535. The molecule has 1 aromatic carbocycles. The fourth-order valence-electron chi connectivity index (χ4n) is 4.36. The van der Waals surface area contributed by atoms with Crippen LogP contribution in [0.3, 0.4) is 0 Å². The number of methoxy groups -OCH3 is 1. The van der Waals surface area contributed by atoms with Crippen molar-refractivity contribution in [2.45, 2.75) is 49.7 Å².